The molecule has 0 aliphatic carbocycles. The number of hydrogen-bond acceptors (Lipinski definition) is 2. The van der Waals surface area contributed by atoms with Crippen LogP contribution in [0.25, 0.3) is 43.4 Å². The summed E-state index contributed by atoms with van der Waals surface area (Å²) < 4.78 is 0. The summed E-state index contributed by atoms with van der Waals surface area (Å²) in [5.41, 5.74) is 2.67. The molecule has 2 nitrogen and oxygen atoms in total. The third kappa shape index (κ3) is 2.52. The molecule has 0 aliphatic heterocycles. The molecule has 0 bridgehead atoms. The van der Waals surface area contributed by atoms with Gasteiger partial charge in [-0.2, -0.15) is 0 Å². The second kappa shape index (κ2) is 6.24. The molecular formula is C24H17BO2. The topological polar surface area (TPSA) is 40.5 Å². The molecule has 27 heavy (non-hydrogen) atoms. The van der Waals surface area contributed by atoms with Crippen LogP contribution >= 0.6 is 0 Å². The van der Waals surface area contributed by atoms with Crippen LogP contribution in [-0.2, 0) is 0 Å². The van der Waals surface area contributed by atoms with E-state index in [-0.39, 0.29) is 0 Å². The molecule has 3 heteroatoms. The highest BCUT2D eigenvalue weighted by molar-refractivity contribution is 6.66. The Balaban J connectivity index is 1.98. The fraction of sp³-hybridized carbons (Fsp3) is 0. The van der Waals surface area contributed by atoms with E-state index in [1.807, 2.05) is 54.6 Å². The van der Waals surface area contributed by atoms with E-state index in [0.29, 0.717) is 5.46 Å². The fourth-order valence-electron chi connectivity index (χ4n) is 4.11. The highest BCUT2D eigenvalue weighted by atomic mass is 16.4. The maximum Gasteiger partial charge on any atom is 0.489 e. The van der Waals surface area contributed by atoms with Gasteiger partial charge in [0.15, 0.2) is 0 Å². The lowest BCUT2D eigenvalue weighted by molar-refractivity contribution is 0.426. The third-order valence-electron chi connectivity index (χ3n) is 5.27. The summed E-state index contributed by atoms with van der Waals surface area (Å²) in [7, 11) is -1.55. The molecule has 5 aromatic rings. The monoisotopic (exact) mass is 348 g/mol. The Bertz CT molecular complexity index is 1300. The van der Waals surface area contributed by atoms with E-state index in [9.17, 15) is 10.0 Å². The highest BCUT2D eigenvalue weighted by Gasteiger charge is 2.21. The maximum atomic E-state index is 10.3. The summed E-state index contributed by atoms with van der Waals surface area (Å²) in [5.74, 6) is 0. The first-order chi connectivity index (χ1) is 13.2. The molecule has 2 N–H and O–H groups in total. The van der Waals surface area contributed by atoms with Crippen LogP contribution in [-0.4, -0.2) is 17.2 Å². The van der Waals surface area contributed by atoms with Gasteiger partial charge in [-0.05, 0) is 55.0 Å². The van der Waals surface area contributed by atoms with E-state index in [1.165, 1.54) is 5.39 Å². The van der Waals surface area contributed by atoms with Gasteiger partial charge in [0.1, 0.15) is 0 Å². The summed E-state index contributed by atoms with van der Waals surface area (Å²) in [6.45, 7) is 0. The van der Waals surface area contributed by atoms with Gasteiger partial charge in [0.2, 0.25) is 0 Å². The van der Waals surface area contributed by atoms with Crippen molar-refractivity contribution >= 4 is 44.9 Å². The standard InChI is InChI=1S/C24H17BO2/c26-25(27)24-20-12-4-2-8-17(20)15-18-10-6-14-22(23(18)24)21-13-5-9-16-7-1-3-11-19(16)21/h1-15,26-27H. The third-order valence-corrected chi connectivity index (χ3v) is 5.27. The van der Waals surface area contributed by atoms with Crippen LogP contribution in [0.4, 0.5) is 0 Å². The fourth-order valence-corrected chi connectivity index (χ4v) is 4.11. The number of rotatable bonds is 2. The normalized spacial score (nSPS) is 11.3. The first-order valence-electron chi connectivity index (χ1n) is 9.03. The van der Waals surface area contributed by atoms with Crippen molar-refractivity contribution in [3.63, 3.8) is 0 Å². The van der Waals surface area contributed by atoms with Gasteiger partial charge in [-0.3, -0.25) is 0 Å². The Kier molecular flexibility index (Phi) is 3.71. The van der Waals surface area contributed by atoms with Crippen molar-refractivity contribution in [1.82, 2.24) is 0 Å². The zero-order chi connectivity index (χ0) is 18.4. The summed E-state index contributed by atoms with van der Waals surface area (Å²) in [4.78, 5) is 0. The zero-order valence-electron chi connectivity index (χ0n) is 14.6. The average Bonchev–Trinajstić information content (AvgIpc) is 2.71. The van der Waals surface area contributed by atoms with Crippen molar-refractivity contribution in [1.29, 1.82) is 0 Å². The molecule has 0 aliphatic rings. The summed E-state index contributed by atoms with van der Waals surface area (Å²) in [5, 5.41) is 26.6. The molecular weight excluding hydrogens is 331 g/mol. The maximum absolute atomic E-state index is 10.3. The van der Waals surface area contributed by atoms with Gasteiger partial charge < -0.3 is 10.0 Å². The SMILES string of the molecule is OB(O)c1c2ccccc2cc2cccc(-c3cccc4ccccc34)c12. The smallest absolute Gasteiger partial charge is 0.423 e. The Hall–Kier alpha value is -3.14. The molecule has 0 heterocycles. The van der Waals surface area contributed by atoms with E-state index in [1.54, 1.807) is 0 Å². The Morgan fingerprint density at radius 2 is 1.11 bits per heavy atom. The molecule has 0 amide bonds. The van der Waals surface area contributed by atoms with Crippen molar-refractivity contribution in [2.24, 2.45) is 0 Å². The van der Waals surface area contributed by atoms with Crippen molar-refractivity contribution in [3.05, 3.63) is 91.0 Å². The van der Waals surface area contributed by atoms with Gasteiger partial charge in [0.25, 0.3) is 0 Å². The van der Waals surface area contributed by atoms with Crippen molar-refractivity contribution in [2.45, 2.75) is 0 Å². The van der Waals surface area contributed by atoms with Gasteiger partial charge in [0, 0.05) is 0 Å². The minimum atomic E-state index is -1.55. The first kappa shape index (κ1) is 16.1. The van der Waals surface area contributed by atoms with Gasteiger partial charge in [-0.25, -0.2) is 0 Å². The number of benzene rings is 5. The predicted octanol–water partition coefficient (Wildman–Crippen LogP) is 4.49. The number of fused-ring (bicyclic) bond motifs is 3. The van der Waals surface area contributed by atoms with Crippen molar-refractivity contribution in [3.8, 4) is 11.1 Å². The molecule has 5 aromatic carbocycles. The van der Waals surface area contributed by atoms with Crippen LogP contribution in [0.15, 0.2) is 91.0 Å². The van der Waals surface area contributed by atoms with Gasteiger partial charge in [0.05, 0.1) is 0 Å². The molecule has 0 atom stereocenters. The molecule has 0 unspecified atom stereocenters. The van der Waals surface area contributed by atoms with E-state index in [2.05, 4.69) is 36.4 Å². The van der Waals surface area contributed by atoms with Crippen LogP contribution in [0, 0.1) is 0 Å². The van der Waals surface area contributed by atoms with Gasteiger partial charge >= 0.3 is 7.12 Å². The Labute approximate surface area is 157 Å². The van der Waals surface area contributed by atoms with E-state index in [4.69, 9.17) is 0 Å². The first-order valence-corrected chi connectivity index (χ1v) is 9.03. The van der Waals surface area contributed by atoms with Crippen LogP contribution in [0.1, 0.15) is 0 Å². The van der Waals surface area contributed by atoms with E-state index < -0.39 is 7.12 Å². The van der Waals surface area contributed by atoms with E-state index >= 15 is 0 Å². The summed E-state index contributed by atoms with van der Waals surface area (Å²) >= 11 is 0. The highest BCUT2D eigenvalue weighted by Crippen LogP contribution is 2.34. The molecule has 0 saturated heterocycles. The van der Waals surface area contributed by atoms with E-state index in [0.717, 1.165) is 38.1 Å². The minimum absolute atomic E-state index is 0.562. The lowest BCUT2D eigenvalue weighted by Crippen LogP contribution is -2.31. The molecule has 0 spiro atoms. The summed E-state index contributed by atoms with van der Waals surface area (Å²) in [6.07, 6.45) is 0. The lowest BCUT2D eigenvalue weighted by atomic mass is 9.72. The second-order valence-corrected chi connectivity index (χ2v) is 6.82. The lowest BCUT2D eigenvalue weighted by Gasteiger charge is -2.16. The second-order valence-electron chi connectivity index (χ2n) is 6.82. The van der Waals surface area contributed by atoms with Crippen molar-refractivity contribution < 1.29 is 10.0 Å². The Morgan fingerprint density at radius 3 is 1.89 bits per heavy atom. The largest absolute Gasteiger partial charge is 0.489 e. The minimum Gasteiger partial charge on any atom is -0.423 e. The van der Waals surface area contributed by atoms with Crippen LogP contribution < -0.4 is 5.46 Å². The molecule has 0 saturated carbocycles. The quantitative estimate of drug-likeness (QED) is 0.364. The summed E-state index contributed by atoms with van der Waals surface area (Å²) in [6, 6.07) is 30.6. The molecule has 5 rings (SSSR count). The Morgan fingerprint density at radius 1 is 0.519 bits per heavy atom. The van der Waals surface area contributed by atoms with Crippen LogP contribution in [0.3, 0.4) is 0 Å². The molecule has 128 valence electrons. The van der Waals surface area contributed by atoms with Gasteiger partial charge in [-0.15, -0.1) is 0 Å². The molecule has 0 fully saturated rings. The predicted molar refractivity (Wildman–Crippen MR) is 114 cm³/mol. The van der Waals surface area contributed by atoms with Crippen molar-refractivity contribution in [2.75, 3.05) is 0 Å². The van der Waals surface area contributed by atoms with Crippen LogP contribution in [0.5, 0.6) is 0 Å². The molecule has 0 radical (unpaired) electrons. The average molecular weight is 348 g/mol. The zero-order valence-corrected chi connectivity index (χ0v) is 14.6. The molecule has 0 aromatic heterocycles. The van der Waals surface area contributed by atoms with Gasteiger partial charge in [-0.1, -0.05) is 84.9 Å². The number of hydrogen-bond donors (Lipinski definition) is 2. The van der Waals surface area contributed by atoms with Crippen LogP contribution in [0.2, 0.25) is 0 Å².